The van der Waals surface area contributed by atoms with Crippen LogP contribution < -0.4 is 11.1 Å². The van der Waals surface area contributed by atoms with Crippen LogP contribution in [0.1, 0.15) is 26.0 Å². The van der Waals surface area contributed by atoms with Crippen LogP contribution in [0.3, 0.4) is 0 Å². The van der Waals surface area contributed by atoms with Crippen molar-refractivity contribution in [3.63, 3.8) is 0 Å². The topological polar surface area (TPSA) is 88.2 Å². The molecule has 0 saturated heterocycles. The molecule has 0 fully saturated rings. The van der Waals surface area contributed by atoms with E-state index in [0.717, 1.165) is 0 Å². The Labute approximate surface area is 101 Å². The molecule has 0 bridgehead atoms. The van der Waals surface area contributed by atoms with E-state index >= 15 is 0 Å². The number of nitrogens with two attached hydrogens (primary N) is 1. The van der Waals surface area contributed by atoms with Crippen molar-refractivity contribution in [2.45, 2.75) is 32.2 Å². The van der Waals surface area contributed by atoms with Gasteiger partial charge in [0.05, 0.1) is 18.3 Å². The lowest BCUT2D eigenvalue weighted by molar-refractivity contribution is -0.122. The first-order valence-corrected chi connectivity index (χ1v) is 5.55. The van der Waals surface area contributed by atoms with Gasteiger partial charge < -0.3 is 16.2 Å². The Kier molecular flexibility index (Phi) is 4.45. The van der Waals surface area contributed by atoms with Gasteiger partial charge in [0, 0.05) is 17.8 Å². The SMILES string of the molecule is CC(C)(CCO)NC(=O)Cc1ccc(N)cn1. The fraction of sp³-hybridized carbons (Fsp3) is 0.500. The summed E-state index contributed by atoms with van der Waals surface area (Å²) in [6, 6.07) is 3.45. The number of amides is 1. The molecule has 1 aromatic heterocycles. The largest absolute Gasteiger partial charge is 0.397 e. The van der Waals surface area contributed by atoms with Gasteiger partial charge in [0.2, 0.25) is 5.91 Å². The van der Waals surface area contributed by atoms with E-state index in [2.05, 4.69) is 10.3 Å². The minimum Gasteiger partial charge on any atom is -0.397 e. The standard InChI is InChI=1S/C12H19N3O2/c1-12(2,5-6-16)15-11(17)7-10-4-3-9(13)8-14-10/h3-4,8,16H,5-7,13H2,1-2H3,(H,15,17). The van der Waals surface area contributed by atoms with Crippen molar-refractivity contribution in [2.75, 3.05) is 12.3 Å². The van der Waals surface area contributed by atoms with Crippen molar-refractivity contribution in [2.24, 2.45) is 0 Å². The van der Waals surface area contributed by atoms with Crippen LogP contribution in [0.25, 0.3) is 0 Å². The van der Waals surface area contributed by atoms with E-state index in [1.807, 2.05) is 13.8 Å². The average Bonchev–Trinajstić information content (AvgIpc) is 2.20. The molecule has 94 valence electrons. The maximum atomic E-state index is 11.7. The van der Waals surface area contributed by atoms with Crippen LogP contribution in [0, 0.1) is 0 Å². The van der Waals surface area contributed by atoms with E-state index in [1.54, 1.807) is 12.1 Å². The van der Waals surface area contributed by atoms with Gasteiger partial charge in [0.1, 0.15) is 0 Å². The first kappa shape index (κ1) is 13.4. The van der Waals surface area contributed by atoms with Crippen molar-refractivity contribution < 1.29 is 9.90 Å². The molecule has 0 saturated carbocycles. The Hall–Kier alpha value is -1.62. The summed E-state index contributed by atoms with van der Waals surface area (Å²) >= 11 is 0. The van der Waals surface area contributed by atoms with Crippen LogP contribution in [0.5, 0.6) is 0 Å². The highest BCUT2D eigenvalue weighted by molar-refractivity contribution is 5.78. The van der Waals surface area contributed by atoms with Crippen molar-refractivity contribution in [3.05, 3.63) is 24.0 Å². The monoisotopic (exact) mass is 237 g/mol. The Morgan fingerprint density at radius 1 is 1.53 bits per heavy atom. The highest BCUT2D eigenvalue weighted by Gasteiger charge is 2.19. The molecule has 1 aromatic rings. The number of hydrogen-bond acceptors (Lipinski definition) is 4. The number of aliphatic hydroxyl groups excluding tert-OH is 1. The highest BCUT2D eigenvalue weighted by atomic mass is 16.3. The maximum Gasteiger partial charge on any atom is 0.226 e. The molecule has 0 unspecified atom stereocenters. The molecule has 5 nitrogen and oxygen atoms in total. The normalized spacial score (nSPS) is 11.2. The number of nitrogen functional groups attached to an aromatic ring is 1. The van der Waals surface area contributed by atoms with E-state index in [1.165, 1.54) is 6.20 Å². The Balaban J connectivity index is 2.52. The first-order valence-electron chi connectivity index (χ1n) is 5.55. The smallest absolute Gasteiger partial charge is 0.226 e. The molecule has 0 aliphatic carbocycles. The molecule has 4 N–H and O–H groups in total. The van der Waals surface area contributed by atoms with Crippen LogP contribution in [-0.2, 0) is 11.2 Å². The second-order valence-electron chi connectivity index (χ2n) is 4.67. The zero-order chi connectivity index (χ0) is 12.9. The Morgan fingerprint density at radius 3 is 2.76 bits per heavy atom. The summed E-state index contributed by atoms with van der Waals surface area (Å²) in [5.41, 5.74) is 6.36. The summed E-state index contributed by atoms with van der Waals surface area (Å²) < 4.78 is 0. The molecule has 0 aliphatic rings. The van der Waals surface area contributed by atoms with E-state index in [4.69, 9.17) is 10.8 Å². The third-order valence-corrected chi connectivity index (χ3v) is 2.40. The number of rotatable bonds is 5. The fourth-order valence-electron chi connectivity index (χ4n) is 1.47. The average molecular weight is 237 g/mol. The van der Waals surface area contributed by atoms with Crippen LogP contribution in [0.4, 0.5) is 5.69 Å². The lowest BCUT2D eigenvalue weighted by Gasteiger charge is -2.25. The molecule has 0 aromatic carbocycles. The molecule has 0 aliphatic heterocycles. The number of anilines is 1. The Bertz CT molecular complexity index is 374. The molecule has 17 heavy (non-hydrogen) atoms. The summed E-state index contributed by atoms with van der Waals surface area (Å²) in [6.45, 7) is 3.79. The number of nitrogens with zero attached hydrogens (tertiary/aromatic N) is 1. The van der Waals surface area contributed by atoms with Crippen LogP contribution in [0.15, 0.2) is 18.3 Å². The minimum atomic E-state index is -0.403. The zero-order valence-corrected chi connectivity index (χ0v) is 10.2. The minimum absolute atomic E-state index is 0.0490. The number of hydrogen-bond donors (Lipinski definition) is 3. The number of carbonyl (C=O) groups excluding carboxylic acids is 1. The predicted octanol–water partition coefficient (Wildman–Crippen LogP) is 0.483. The lowest BCUT2D eigenvalue weighted by Crippen LogP contribution is -2.44. The fourth-order valence-corrected chi connectivity index (χ4v) is 1.47. The van der Waals surface area contributed by atoms with Crippen molar-refractivity contribution in [1.82, 2.24) is 10.3 Å². The third kappa shape index (κ3) is 4.82. The molecular weight excluding hydrogens is 218 g/mol. The van der Waals surface area contributed by atoms with E-state index in [0.29, 0.717) is 17.8 Å². The predicted molar refractivity (Wildman–Crippen MR) is 66.3 cm³/mol. The van der Waals surface area contributed by atoms with Gasteiger partial charge in [-0.1, -0.05) is 0 Å². The number of aliphatic hydroxyl groups is 1. The first-order chi connectivity index (χ1) is 7.93. The molecule has 0 spiro atoms. The number of pyridine rings is 1. The molecule has 1 rings (SSSR count). The number of carbonyl (C=O) groups is 1. The van der Waals surface area contributed by atoms with Gasteiger partial charge in [-0.15, -0.1) is 0 Å². The number of nitrogens with one attached hydrogen (secondary N) is 1. The molecule has 0 radical (unpaired) electrons. The van der Waals surface area contributed by atoms with Gasteiger partial charge >= 0.3 is 0 Å². The van der Waals surface area contributed by atoms with Gasteiger partial charge in [-0.05, 0) is 32.4 Å². The molecule has 0 atom stereocenters. The van der Waals surface area contributed by atoms with Gasteiger partial charge in [-0.25, -0.2) is 0 Å². The maximum absolute atomic E-state index is 11.7. The van der Waals surface area contributed by atoms with Crippen LogP contribution in [-0.4, -0.2) is 28.1 Å². The summed E-state index contributed by atoms with van der Waals surface area (Å²) in [5, 5.41) is 11.7. The van der Waals surface area contributed by atoms with Crippen LogP contribution >= 0.6 is 0 Å². The van der Waals surface area contributed by atoms with Gasteiger partial charge in [0.25, 0.3) is 0 Å². The van der Waals surface area contributed by atoms with E-state index in [9.17, 15) is 4.79 Å². The van der Waals surface area contributed by atoms with Gasteiger partial charge in [-0.3, -0.25) is 9.78 Å². The summed E-state index contributed by atoms with van der Waals surface area (Å²) in [5.74, 6) is -0.110. The zero-order valence-electron chi connectivity index (χ0n) is 10.2. The van der Waals surface area contributed by atoms with Crippen LogP contribution in [0.2, 0.25) is 0 Å². The summed E-state index contributed by atoms with van der Waals surface area (Å²) in [7, 11) is 0. The van der Waals surface area contributed by atoms with Gasteiger partial charge in [0.15, 0.2) is 0 Å². The highest BCUT2D eigenvalue weighted by Crippen LogP contribution is 2.08. The van der Waals surface area contributed by atoms with E-state index in [-0.39, 0.29) is 18.9 Å². The molecular formula is C12H19N3O2. The quantitative estimate of drug-likeness (QED) is 0.695. The Morgan fingerprint density at radius 2 is 2.24 bits per heavy atom. The van der Waals surface area contributed by atoms with Crippen molar-refractivity contribution >= 4 is 11.6 Å². The van der Waals surface area contributed by atoms with Gasteiger partial charge in [-0.2, -0.15) is 0 Å². The summed E-state index contributed by atoms with van der Waals surface area (Å²) in [6.07, 6.45) is 2.27. The molecule has 1 amide bonds. The second kappa shape index (κ2) is 5.63. The lowest BCUT2D eigenvalue weighted by atomic mass is 10.0. The molecule has 5 heteroatoms. The second-order valence-corrected chi connectivity index (χ2v) is 4.67. The molecule has 1 heterocycles. The van der Waals surface area contributed by atoms with Crippen molar-refractivity contribution in [3.8, 4) is 0 Å². The summed E-state index contributed by atoms with van der Waals surface area (Å²) in [4.78, 5) is 15.8. The van der Waals surface area contributed by atoms with Crippen molar-refractivity contribution in [1.29, 1.82) is 0 Å². The van der Waals surface area contributed by atoms with E-state index < -0.39 is 5.54 Å². The third-order valence-electron chi connectivity index (χ3n) is 2.40. The number of aromatic nitrogens is 1.